The maximum absolute atomic E-state index is 11.7. The van der Waals surface area contributed by atoms with E-state index < -0.39 is 10.0 Å². The highest BCUT2D eigenvalue weighted by atomic mass is 32.2. The molecule has 0 saturated carbocycles. The molecule has 0 spiro atoms. The van der Waals surface area contributed by atoms with Crippen molar-refractivity contribution in [3.8, 4) is 0 Å². The van der Waals surface area contributed by atoms with Crippen LogP contribution >= 0.6 is 0 Å². The lowest BCUT2D eigenvalue weighted by Crippen LogP contribution is -2.37. The fraction of sp³-hybridized carbons (Fsp3) is 1.00. The fourth-order valence-electron chi connectivity index (χ4n) is 1.38. The molecule has 1 atom stereocenters. The molecular formula is C11H26N2O4S. The summed E-state index contributed by atoms with van der Waals surface area (Å²) in [6, 6.07) is 0. The summed E-state index contributed by atoms with van der Waals surface area (Å²) in [4.78, 5) is 0. The standard InChI is InChI=1S/C11H26N2O4S/c1-4-6-12-7-5-8-18(14,15)13-9-11(17-3)10-16-2/h11-13H,4-10H2,1-3H3. The molecule has 0 amide bonds. The second kappa shape index (κ2) is 10.7. The minimum Gasteiger partial charge on any atom is -0.382 e. The zero-order valence-corrected chi connectivity index (χ0v) is 12.4. The number of hydrogen-bond acceptors (Lipinski definition) is 5. The zero-order valence-electron chi connectivity index (χ0n) is 11.6. The largest absolute Gasteiger partial charge is 0.382 e. The summed E-state index contributed by atoms with van der Waals surface area (Å²) in [6.45, 7) is 4.34. The minimum atomic E-state index is -3.22. The third-order valence-corrected chi connectivity index (χ3v) is 3.84. The van der Waals surface area contributed by atoms with Gasteiger partial charge in [0, 0.05) is 20.8 Å². The molecule has 2 N–H and O–H groups in total. The number of rotatable bonds is 12. The first-order valence-electron chi connectivity index (χ1n) is 6.25. The highest BCUT2D eigenvalue weighted by Crippen LogP contribution is 1.93. The second-order valence-corrected chi connectivity index (χ2v) is 6.01. The van der Waals surface area contributed by atoms with Crippen molar-refractivity contribution in [1.82, 2.24) is 10.0 Å². The summed E-state index contributed by atoms with van der Waals surface area (Å²) >= 11 is 0. The van der Waals surface area contributed by atoms with E-state index in [2.05, 4.69) is 17.0 Å². The van der Waals surface area contributed by atoms with E-state index in [1.807, 2.05) is 0 Å². The van der Waals surface area contributed by atoms with Gasteiger partial charge in [0.2, 0.25) is 10.0 Å². The molecule has 1 unspecified atom stereocenters. The molecule has 0 saturated heterocycles. The molecule has 0 rings (SSSR count). The van der Waals surface area contributed by atoms with E-state index in [1.165, 1.54) is 7.11 Å². The molecule has 6 nitrogen and oxygen atoms in total. The number of hydrogen-bond donors (Lipinski definition) is 2. The van der Waals surface area contributed by atoms with Crippen molar-refractivity contribution in [1.29, 1.82) is 0 Å². The summed E-state index contributed by atoms with van der Waals surface area (Å²) in [5, 5.41) is 3.17. The Morgan fingerprint density at radius 3 is 2.50 bits per heavy atom. The molecule has 0 aliphatic heterocycles. The van der Waals surface area contributed by atoms with Crippen LogP contribution in [0.4, 0.5) is 0 Å². The van der Waals surface area contributed by atoms with E-state index in [4.69, 9.17) is 9.47 Å². The lowest BCUT2D eigenvalue weighted by molar-refractivity contribution is 0.0320. The number of sulfonamides is 1. The van der Waals surface area contributed by atoms with Crippen LogP contribution in [0.15, 0.2) is 0 Å². The average molecular weight is 282 g/mol. The summed E-state index contributed by atoms with van der Waals surface area (Å²) < 4.78 is 35.8. The molecule has 0 bridgehead atoms. The van der Waals surface area contributed by atoms with Crippen LogP contribution in [0.3, 0.4) is 0 Å². The van der Waals surface area contributed by atoms with E-state index in [9.17, 15) is 8.42 Å². The van der Waals surface area contributed by atoms with Crippen LogP contribution in [0.5, 0.6) is 0 Å². The lowest BCUT2D eigenvalue weighted by Gasteiger charge is -2.15. The Morgan fingerprint density at radius 2 is 1.94 bits per heavy atom. The predicted octanol–water partition coefficient (Wildman–Crippen LogP) is -0.0431. The van der Waals surface area contributed by atoms with E-state index in [0.29, 0.717) is 13.0 Å². The highest BCUT2D eigenvalue weighted by Gasteiger charge is 2.13. The van der Waals surface area contributed by atoms with Crippen LogP contribution in [0.2, 0.25) is 0 Å². The molecule has 0 heterocycles. The van der Waals surface area contributed by atoms with Crippen molar-refractivity contribution in [3.05, 3.63) is 0 Å². The summed E-state index contributed by atoms with van der Waals surface area (Å²) in [5.41, 5.74) is 0. The first kappa shape index (κ1) is 17.8. The van der Waals surface area contributed by atoms with Crippen LogP contribution in [0.1, 0.15) is 19.8 Å². The van der Waals surface area contributed by atoms with Gasteiger partial charge in [-0.05, 0) is 25.9 Å². The molecule has 0 aromatic heterocycles. The monoisotopic (exact) mass is 282 g/mol. The minimum absolute atomic E-state index is 0.132. The quantitative estimate of drug-likeness (QED) is 0.491. The highest BCUT2D eigenvalue weighted by molar-refractivity contribution is 7.89. The topological polar surface area (TPSA) is 76.7 Å². The Bertz CT molecular complexity index is 283. The van der Waals surface area contributed by atoms with Gasteiger partial charge in [-0.2, -0.15) is 0 Å². The molecule has 0 aromatic rings. The van der Waals surface area contributed by atoms with E-state index in [1.54, 1.807) is 7.11 Å². The molecule has 0 radical (unpaired) electrons. The lowest BCUT2D eigenvalue weighted by atomic mass is 10.4. The Morgan fingerprint density at radius 1 is 1.22 bits per heavy atom. The number of nitrogens with one attached hydrogen (secondary N) is 2. The normalized spacial score (nSPS) is 13.7. The van der Waals surface area contributed by atoms with Crippen LogP contribution in [-0.4, -0.2) is 60.7 Å². The number of ether oxygens (including phenoxy) is 2. The Kier molecular flexibility index (Phi) is 10.6. The van der Waals surface area contributed by atoms with Crippen LogP contribution in [-0.2, 0) is 19.5 Å². The fourth-order valence-corrected chi connectivity index (χ4v) is 2.49. The van der Waals surface area contributed by atoms with Crippen LogP contribution < -0.4 is 10.0 Å². The number of methoxy groups -OCH3 is 2. The molecule has 0 aromatic carbocycles. The van der Waals surface area contributed by atoms with Crippen LogP contribution in [0, 0.1) is 0 Å². The van der Waals surface area contributed by atoms with Crippen molar-refractivity contribution in [2.45, 2.75) is 25.9 Å². The van der Waals surface area contributed by atoms with Crippen molar-refractivity contribution in [2.24, 2.45) is 0 Å². The summed E-state index contributed by atoms with van der Waals surface area (Å²) in [5.74, 6) is 0.132. The van der Waals surface area contributed by atoms with Gasteiger partial charge in [-0.1, -0.05) is 6.92 Å². The Labute approximate surface area is 110 Å². The molecule has 110 valence electrons. The Balaban J connectivity index is 3.78. The van der Waals surface area contributed by atoms with Gasteiger partial charge in [-0.3, -0.25) is 0 Å². The average Bonchev–Trinajstić information content (AvgIpc) is 2.34. The molecule has 0 aliphatic rings. The van der Waals surface area contributed by atoms with Crippen molar-refractivity contribution in [3.63, 3.8) is 0 Å². The smallest absolute Gasteiger partial charge is 0.211 e. The molecule has 18 heavy (non-hydrogen) atoms. The van der Waals surface area contributed by atoms with Crippen molar-refractivity contribution < 1.29 is 17.9 Å². The third-order valence-electron chi connectivity index (χ3n) is 2.41. The molecule has 7 heteroatoms. The van der Waals surface area contributed by atoms with Crippen molar-refractivity contribution >= 4 is 10.0 Å². The third kappa shape index (κ3) is 9.78. The van der Waals surface area contributed by atoms with E-state index in [-0.39, 0.29) is 18.4 Å². The van der Waals surface area contributed by atoms with Gasteiger partial charge in [-0.15, -0.1) is 0 Å². The van der Waals surface area contributed by atoms with Gasteiger partial charge in [0.05, 0.1) is 18.5 Å². The van der Waals surface area contributed by atoms with Crippen LogP contribution in [0.25, 0.3) is 0 Å². The first-order chi connectivity index (χ1) is 8.55. The molecule has 0 aliphatic carbocycles. The van der Waals surface area contributed by atoms with Gasteiger partial charge in [0.15, 0.2) is 0 Å². The van der Waals surface area contributed by atoms with Gasteiger partial charge < -0.3 is 14.8 Å². The van der Waals surface area contributed by atoms with E-state index in [0.717, 1.165) is 19.5 Å². The van der Waals surface area contributed by atoms with Gasteiger partial charge >= 0.3 is 0 Å². The first-order valence-corrected chi connectivity index (χ1v) is 7.90. The Hall–Kier alpha value is -0.210. The summed E-state index contributed by atoms with van der Waals surface area (Å²) in [6.07, 6.45) is 1.41. The summed E-state index contributed by atoms with van der Waals surface area (Å²) in [7, 11) is -0.128. The molecule has 0 fully saturated rings. The maximum atomic E-state index is 11.7. The predicted molar refractivity (Wildman–Crippen MR) is 72.2 cm³/mol. The second-order valence-electron chi connectivity index (χ2n) is 4.08. The van der Waals surface area contributed by atoms with Gasteiger partial charge in [0.25, 0.3) is 0 Å². The zero-order chi connectivity index (χ0) is 13.9. The molecular weight excluding hydrogens is 256 g/mol. The van der Waals surface area contributed by atoms with Crippen molar-refractivity contribution in [2.75, 3.05) is 46.2 Å². The SMILES string of the molecule is CCCNCCCS(=O)(=O)NCC(COC)OC. The maximum Gasteiger partial charge on any atom is 0.211 e. The van der Waals surface area contributed by atoms with Gasteiger partial charge in [-0.25, -0.2) is 13.1 Å². The van der Waals surface area contributed by atoms with Gasteiger partial charge in [0.1, 0.15) is 0 Å². The van der Waals surface area contributed by atoms with E-state index >= 15 is 0 Å².